The quantitative estimate of drug-likeness (QED) is 0.789. The van der Waals surface area contributed by atoms with Crippen molar-refractivity contribution in [3.8, 4) is 6.07 Å². The van der Waals surface area contributed by atoms with Crippen LogP contribution < -0.4 is 5.32 Å². The van der Waals surface area contributed by atoms with Gasteiger partial charge < -0.3 is 15.3 Å². The second-order valence-electron chi connectivity index (χ2n) is 3.14. The van der Waals surface area contributed by atoms with Crippen LogP contribution in [0, 0.1) is 11.3 Å². The van der Waals surface area contributed by atoms with Crippen LogP contribution in [-0.4, -0.2) is 41.2 Å². The first-order valence-corrected chi connectivity index (χ1v) is 4.68. The van der Waals surface area contributed by atoms with Crippen molar-refractivity contribution in [2.75, 3.05) is 25.5 Å². The van der Waals surface area contributed by atoms with Gasteiger partial charge in [-0.1, -0.05) is 0 Å². The molecule has 1 aromatic heterocycles. The van der Waals surface area contributed by atoms with Crippen LogP contribution in [0.4, 0.5) is 10.5 Å². The topological polar surface area (TPSA) is 89.3 Å². The molecule has 0 saturated heterocycles. The minimum absolute atomic E-state index is 0.306. The number of carboxylic acid groups (broad SMARTS) is 1. The molecule has 0 bridgehead atoms. The molecule has 0 aromatic carbocycles. The molecule has 0 radical (unpaired) electrons. The molecule has 6 heteroatoms. The van der Waals surface area contributed by atoms with Crippen LogP contribution in [0.2, 0.25) is 0 Å². The van der Waals surface area contributed by atoms with E-state index < -0.39 is 6.09 Å². The van der Waals surface area contributed by atoms with E-state index in [0.29, 0.717) is 24.5 Å². The number of hydrogen-bond acceptors (Lipinski definition) is 4. The van der Waals surface area contributed by atoms with Crippen molar-refractivity contribution in [3.63, 3.8) is 0 Å². The minimum Gasteiger partial charge on any atom is -0.465 e. The van der Waals surface area contributed by atoms with E-state index in [1.54, 1.807) is 12.1 Å². The standard InChI is InChI=1S/C10H12N4O2/c1-14(10(15)16)6-5-13-8-3-2-4-12-9(8)7-11/h2-4,13H,5-6H2,1H3,(H,15,16). The van der Waals surface area contributed by atoms with Crippen molar-refractivity contribution < 1.29 is 9.90 Å². The number of rotatable bonds is 4. The molecule has 0 saturated carbocycles. The average Bonchev–Trinajstić information content (AvgIpc) is 2.29. The van der Waals surface area contributed by atoms with Crippen molar-refractivity contribution in [1.82, 2.24) is 9.88 Å². The second-order valence-corrected chi connectivity index (χ2v) is 3.14. The molecule has 1 heterocycles. The first-order valence-electron chi connectivity index (χ1n) is 4.68. The molecule has 0 unspecified atom stereocenters. The Bertz CT molecular complexity index is 414. The van der Waals surface area contributed by atoms with E-state index in [0.717, 1.165) is 4.90 Å². The number of nitrogens with zero attached hydrogens (tertiary/aromatic N) is 3. The third-order valence-electron chi connectivity index (χ3n) is 2.00. The molecule has 1 rings (SSSR count). The molecule has 1 aromatic rings. The predicted molar refractivity (Wildman–Crippen MR) is 58.1 cm³/mol. The summed E-state index contributed by atoms with van der Waals surface area (Å²) in [6.45, 7) is 0.776. The molecule has 16 heavy (non-hydrogen) atoms. The van der Waals surface area contributed by atoms with Gasteiger partial charge in [0.25, 0.3) is 0 Å². The van der Waals surface area contributed by atoms with E-state index in [1.165, 1.54) is 13.2 Å². The van der Waals surface area contributed by atoms with E-state index in [4.69, 9.17) is 10.4 Å². The Labute approximate surface area is 93.1 Å². The smallest absolute Gasteiger partial charge is 0.407 e. The highest BCUT2D eigenvalue weighted by Crippen LogP contribution is 2.09. The summed E-state index contributed by atoms with van der Waals surface area (Å²) in [6, 6.07) is 5.39. The molecule has 0 aliphatic carbocycles. The molecule has 1 amide bonds. The average molecular weight is 220 g/mol. The largest absolute Gasteiger partial charge is 0.465 e. The van der Waals surface area contributed by atoms with E-state index in [-0.39, 0.29) is 0 Å². The van der Waals surface area contributed by atoms with Crippen LogP contribution in [-0.2, 0) is 0 Å². The van der Waals surface area contributed by atoms with Crippen LogP contribution in [0.15, 0.2) is 18.3 Å². The van der Waals surface area contributed by atoms with Gasteiger partial charge in [-0.2, -0.15) is 5.26 Å². The maximum absolute atomic E-state index is 10.5. The summed E-state index contributed by atoms with van der Waals surface area (Å²) in [5.74, 6) is 0. The van der Waals surface area contributed by atoms with Crippen molar-refractivity contribution >= 4 is 11.8 Å². The van der Waals surface area contributed by atoms with Crippen LogP contribution in [0.25, 0.3) is 0 Å². The molecule has 0 spiro atoms. The number of pyridine rings is 1. The highest BCUT2D eigenvalue weighted by Gasteiger charge is 2.05. The van der Waals surface area contributed by atoms with Crippen molar-refractivity contribution in [1.29, 1.82) is 5.26 Å². The normalized spacial score (nSPS) is 9.25. The Morgan fingerprint density at radius 3 is 3.12 bits per heavy atom. The van der Waals surface area contributed by atoms with Crippen molar-refractivity contribution in [3.05, 3.63) is 24.0 Å². The lowest BCUT2D eigenvalue weighted by molar-refractivity contribution is 0.157. The van der Waals surface area contributed by atoms with Gasteiger partial charge in [0.1, 0.15) is 6.07 Å². The van der Waals surface area contributed by atoms with Crippen LogP contribution >= 0.6 is 0 Å². The monoisotopic (exact) mass is 220 g/mol. The van der Waals surface area contributed by atoms with Crippen LogP contribution in [0.1, 0.15) is 5.69 Å². The van der Waals surface area contributed by atoms with Crippen LogP contribution in [0.5, 0.6) is 0 Å². The lowest BCUT2D eigenvalue weighted by Gasteiger charge is -2.13. The fraction of sp³-hybridized carbons (Fsp3) is 0.300. The lowest BCUT2D eigenvalue weighted by Crippen LogP contribution is -2.29. The first-order chi connectivity index (χ1) is 7.65. The SMILES string of the molecule is CN(CCNc1cccnc1C#N)C(=O)O. The number of hydrogen-bond donors (Lipinski definition) is 2. The van der Waals surface area contributed by atoms with Gasteiger partial charge in [-0.25, -0.2) is 9.78 Å². The van der Waals surface area contributed by atoms with Gasteiger partial charge in [0, 0.05) is 26.3 Å². The summed E-state index contributed by atoms with van der Waals surface area (Å²) in [6.07, 6.45) is 0.557. The highest BCUT2D eigenvalue weighted by molar-refractivity contribution is 5.64. The van der Waals surface area contributed by atoms with E-state index in [9.17, 15) is 4.79 Å². The lowest BCUT2D eigenvalue weighted by atomic mass is 10.3. The van der Waals surface area contributed by atoms with Gasteiger partial charge in [0.05, 0.1) is 5.69 Å². The van der Waals surface area contributed by atoms with Gasteiger partial charge in [0.15, 0.2) is 5.69 Å². The number of nitrogens with one attached hydrogen (secondary N) is 1. The maximum atomic E-state index is 10.5. The van der Waals surface area contributed by atoms with Gasteiger partial charge >= 0.3 is 6.09 Å². The molecule has 0 aliphatic rings. The zero-order valence-electron chi connectivity index (χ0n) is 8.84. The zero-order chi connectivity index (χ0) is 12.0. The molecule has 0 fully saturated rings. The summed E-state index contributed by atoms with van der Waals surface area (Å²) in [5, 5.41) is 20.3. The number of nitriles is 1. The Morgan fingerprint density at radius 2 is 2.50 bits per heavy atom. The number of aromatic nitrogens is 1. The number of carbonyl (C=O) groups is 1. The Hall–Kier alpha value is -2.29. The molecule has 0 aliphatic heterocycles. The zero-order valence-corrected chi connectivity index (χ0v) is 8.84. The van der Waals surface area contributed by atoms with Crippen molar-refractivity contribution in [2.45, 2.75) is 0 Å². The third kappa shape index (κ3) is 3.13. The summed E-state index contributed by atoms with van der Waals surface area (Å²) in [5.41, 5.74) is 0.921. The number of amides is 1. The Morgan fingerprint density at radius 1 is 1.75 bits per heavy atom. The van der Waals surface area contributed by atoms with E-state index in [1.807, 2.05) is 6.07 Å². The summed E-state index contributed by atoms with van der Waals surface area (Å²) >= 11 is 0. The minimum atomic E-state index is -0.978. The highest BCUT2D eigenvalue weighted by atomic mass is 16.4. The predicted octanol–water partition coefficient (Wildman–Crippen LogP) is 0.975. The molecular formula is C10H12N4O2. The summed E-state index contributed by atoms with van der Waals surface area (Å²) in [7, 11) is 1.48. The van der Waals surface area contributed by atoms with E-state index >= 15 is 0 Å². The van der Waals surface area contributed by atoms with Gasteiger partial charge in [-0.05, 0) is 12.1 Å². The number of likely N-dealkylation sites (N-methyl/N-ethyl adjacent to an activating group) is 1. The fourth-order valence-electron chi connectivity index (χ4n) is 1.09. The third-order valence-corrected chi connectivity index (χ3v) is 2.00. The van der Waals surface area contributed by atoms with E-state index in [2.05, 4.69) is 10.3 Å². The molecular weight excluding hydrogens is 208 g/mol. The van der Waals surface area contributed by atoms with Gasteiger partial charge in [-0.3, -0.25) is 0 Å². The Balaban J connectivity index is 2.49. The second kappa shape index (κ2) is 5.56. The molecule has 6 nitrogen and oxygen atoms in total. The Kier molecular flexibility index (Phi) is 4.09. The molecule has 0 atom stereocenters. The maximum Gasteiger partial charge on any atom is 0.407 e. The molecule has 84 valence electrons. The summed E-state index contributed by atoms with van der Waals surface area (Å²) in [4.78, 5) is 15.5. The van der Waals surface area contributed by atoms with Gasteiger partial charge in [0.2, 0.25) is 0 Å². The number of anilines is 1. The summed E-state index contributed by atoms with van der Waals surface area (Å²) < 4.78 is 0. The van der Waals surface area contributed by atoms with Gasteiger partial charge in [-0.15, -0.1) is 0 Å². The molecule has 2 N–H and O–H groups in total. The van der Waals surface area contributed by atoms with Crippen molar-refractivity contribution in [2.24, 2.45) is 0 Å². The fourth-order valence-corrected chi connectivity index (χ4v) is 1.09. The first kappa shape index (κ1) is 11.8. The van der Waals surface area contributed by atoms with Crippen LogP contribution in [0.3, 0.4) is 0 Å².